The Hall–Kier alpha value is 0.470. The fourth-order valence-electron chi connectivity index (χ4n) is 1.59. The van der Waals surface area contributed by atoms with Gasteiger partial charge in [0.1, 0.15) is 6.10 Å². The minimum Gasteiger partial charge on any atom is -0.446 e. The summed E-state index contributed by atoms with van der Waals surface area (Å²) in [6.07, 6.45) is 5.59. The zero-order chi connectivity index (χ0) is 8.84. The second kappa shape index (κ2) is 3.25. The van der Waals surface area contributed by atoms with Crippen LogP contribution in [-0.4, -0.2) is 12.2 Å². The Balaban J connectivity index is 1.48. The highest BCUT2D eigenvalue weighted by molar-refractivity contribution is 9.05. The fraction of sp³-hybridized carbons (Fsp3) is 0.833. The molecule has 0 aromatic carbocycles. The zero-order valence-electron chi connectivity index (χ0n) is 7.06. The van der Waals surface area contributed by atoms with E-state index >= 15 is 0 Å². The maximum absolute atomic E-state index is 11.3. The molecular formula is C6H11NO2P4. The number of carbonyl (C=O) groups is 1. The molecule has 0 radical (unpaired) electrons. The summed E-state index contributed by atoms with van der Waals surface area (Å²) in [7, 11) is 1.32. The second-order valence-corrected chi connectivity index (χ2v) is 25.2. The summed E-state index contributed by atoms with van der Waals surface area (Å²) in [6, 6.07) is 0. The van der Waals surface area contributed by atoms with Gasteiger partial charge in [0.15, 0.2) is 0 Å². The third-order valence-electron chi connectivity index (χ3n) is 2.41. The van der Waals surface area contributed by atoms with Crippen LogP contribution in [0.4, 0.5) is 4.79 Å². The lowest BCUT2D eigenvalue weighted by Crippen LogP contribution is -2.17. The van der Waals surface area contributed by atoms with E-state index in [1.807, 2.05) is 0 Å². The van der Waals surface area contributed by atoms with Crippen LogP contribution in [-0.2, 0) is 4.74 Å². The molecule has 0 aliphatic heterocycles. The largest absolute Gasteiger partial charge is 0.446 e. The molecule has 3 rings (SSSR count). The van der Waals surface area contributed by atoms with Gasteiger partial charge < -0.3 is 4.74 Å². The number of ether oxygens (including phenoxy) is 1. The van der Waals surface area contributed by atoms with E-state index in [0.717, 1.165) is 12.8 Å². The molecule has 1 N–H and O–H groups in total. The van der Waals surface area contributed by atoms with Crippen molar-refractivity contribution in [1.82, 2.24) is 0 Å². The fourth-order valence-corrected chi connectivity index (χ4v) is 36.5. The number of nitrogens with one attached hydrogen (secondary N) is 1. The standard InChI is InChI=1S/C6H11NO2P4/c8-6(7-11-12-10-13(11)12)9-5-3-1-2-4-5/h5,10H,1-4H2,(H,7,8). The van der Waals surface area contributed by atoms with Crippen molar-refractivity contribution in [2.45, 2.75) is 31.8 Å². The van der Waals surface area contributed by atoms with Crippen molar-refractivity contribution < 1.29 is 9.53 Å². The topological polar surface area (TPSA) is 38.3 Å². The molecule has 2 atom stereocenters. The lowest BCUT2D eigenvalue weighted by atomic mass is 10.3. The van der Waals surface area contributed by atoms with Crippen LogP contribution in [0.25, 0.3) is 0 Å². The molecule has 13 heavy (non-hydrogen) atoms. The van der Waals surface area contributed by atoms with Crippen molar-refractivity contribution in [3.05, 3.63) is 0 Å². The van der Waals surface area contributed by atoms with Gasteiger partial charge in [0.05, 0.1) is 0 Å². The molecule has 1 aliphatic rings. The van der Waals surface area contributed by atoms with Crippen LogP contribution in [0.1, 0.15) is 25.7 Å². The smallest absolute Gasteiger partial charge is 0.415 e. The van der Waals surface area contributed by atoms with E-state index in [1.165, 1.54) is 20.4 Å². The summed E-state index contributed by atoms with van der Waals surface area (Å²) in [5, 5.41) is 3.05. The Morgan fingerprint density at radius 2 is 2.08 bits per heavy atom. The molecule has 1 amide bonds. The highest BCUT2D eigenvalue weighted by atomic mass is 33.1. The van der Waals surface area contributed by atoms with Crippen molar-refractivity contribution in [3.63, 3.8) is 0 Å². The highest BCUT2D eigenvalue weighted by Gasteiger charge is 2.26. The highest BCUT2D eigenvalue weighted by Crippen LogP contribution is 3.02. The lowest BCUT2D eigenvalue weighted by molar-refractivity contribution is 0.115. The van der Waals surface area contributed by atoms with Crippen LogP contribution in [0.15, 0.2) is 0 Å². The molecular weight excluding hydrogens is 242 g/mol. The van der Waals surface area contributed by atoms with E-state index in [0.29, 0.717) is 12.7 Å². The Bertz CT molecular complexity index is 372. The predicted octanol–water partition coefficient (Wildman–Crippen LogP) is 4.49. The van der Waals surface area contributed by atoms with Gasteiger partial charge in [-0.2, -0.15) is 0 Å². The molecule has 1 saturated carbocycles. The number of carbonyl (C=O) groups excluding carboxylic acids is 1. The number of hydrogen-bond acceptors (Lipinski definition) is 2. The number of hydrogen-bond donors (Lipinski definition) is 1. The average Bonchev–Trinajstić information content (AvgIpc) is 2.95. The minimum absolute atomic E-state index is 0.0434. The van der Waals surface area contributed by atoms with E-state index in [1.54, 1.807) is 0 Å². The predicted molar refractivity (Wildman–Crippen MR) is 61.8 cm³/mol. The van der Waals surface area contributed by atoms with Crippen LogP contribution in [0, 0.1) is 0 Å². The summed E-state index contributed by atoms with van der Waals surface area (Å²) >= 11 is 0. The maximum Gasteiger partial charge on any atom is 0.415 e. The molecule has 7 heteroatoms. The van der Waals surface area contributed by atoms with E-state index in [2.05, 4.69) is 5.09 Å². The van der Waals surface area contributed by atoms with Gasteiger partial charge in [-0.25, -0.2) is 4.79 Å². The van der Waals surface area contributed by atoms with Crippen molar-refractivity contribution >= 4 is 33.4 Å². The van der Waals surface area contributed by atoms with E-state index in [9.17, 15) is 4.79 Å². The van der Waals surface area contributed by atoms with Gasteiger partial charge in [-0.1, -0.05) is 7.55 Å². The first-order chi connectivity index (χ1) is 6.34. The molecule has 2 heterocycles. The second-order valence-electron chi connectivity index (χ2n) is 3.39. The SMILES string of the molecule is O=C(Np1p2[pH]p12)OC1CCCC1. The Kier molecular flexibility index (Phi) is 2.19. The van der Waals surface area contributed by atoms with Crippen LogP contribution < -0.4 is 5.09 Å². The van der Waals surface area contributed by atoms with Crippen molar-refractivity contribution in [3.8, 4) is 0 Å². The summed E-state index contributed by atoms with van der Waals surface area (Å²) in [6.45, 7) is 0. The first-order valence-electron chi connectivity index (χ1n) is 4.48. The van der Waals surface area contributed by atoms with Crippen molar-refractivity contribution in [2.24, 2.45) is 0 Å². The summed E-state index contributed by atoms with van der Waals surface area (Å²) in [5.41, 5.74) is 0. The normalized spacial score (nSPS) is 23.8. The third-order valence-corrected chi connectivity index (χ3v) is 34.7. The average molecular weight is 253 g/mol. The Morgan fingerprint density at radius 1 is 1.38 bits per heavy atom. The van der Waals surface area contributed by atoms with Gasteiger partial charge in [-0.3, -0.25) is 5.09 Å². The number of fused-ring (bicyclic) bond motifs is 1. The maximum atomic E-state index is 11.3. The van der Waals surface area contributed by atoms with Gasteiger partial charge in [0.2, 0.25) is 0 Å². The van der Waals surface area contributed by atoms with Crippen LogP contribution in [0.5, 0.6) is 0 Å². The Labute approximate surface area is 80.3 Å². The van der Waals surface area contributed by atoms with Gasteiger partial charge in [-0.05, 0) is 25.7 Å². The van der Waals surface area contributed by atoms with Crippen LogP contribution >= 0.6 is 27.3 Å². The van der Waals surface area contributed by atoms with Gasteiger partial charge in [-0.15, -0.1) is 0 Å². The van der Waals surface area contributed by atoms with Gasteiger partial charge in [0, 0.05) is 19.8 Å². The summed E-state index contributed by atoms with van der Waals surface area (Å²) < 4.78 is 5.32. The first kappa shape index (κ1) is 8.75. The molecule has 1 aliphatic carbocycles. The van der Waals surface area contributed by atoms with Crippen LogP contribution in [0.3, 0.4) is 0 Å². The molecule has 0 spiro atoms. The quantitative estimate of drug-likeness (QED) is 0.856. The zero-order valence-corrected chi connectivity index (χ0v) is 10.7. The van der Waals surface area contributed by atoms with Gasteiger partial charge in [0.25, 0.3) is 0 Å². The lowest BCUT2D eigenvalue weighted by Gasteiger charge is -2.10. The van der Waals surface area contributed by atoms with Crippen molar-refractivity contribution in [2.75, 3.05) is 5.09 Å². The number of amides is 1. The van der Waals surface area contributed by atoms with Gasteiger partial charge >= 0.3 is 6.09 Å². The molecule has 0 saturated heterocycles. The molecule has 72 valence electrons. The first-order valence-corrected chi connectivity index (χ1v) is 13.3. The Morgan fingerprint density at radius 3 is 2.62 bits per heavy atom. The molecule has 2 aromatic heterocycles. The summed E-state index contributed by atoms with van der Waals surface area (Å²) in [5.74, 6) is 0. The summed E-state index contributed by atoms with van der Waals surface area (Å²) in [4.78, 5) is 11.3. The van der Waals surface area contributed by atoms with E-state index < -0.39 is 0 Å². The molecule has 1 fully saturated rings. The molecule has 2 unspecified atom stereocenters. The van der Waals surface area contributed by atoms with Crippen LogP contribution in [0.2, 0.25) is 0 Å². The van der Waals surface area contributed by atoms with E-state index in [-0.39, 0.29) is 19.2 Å². The third kappa shape index (κ3) is 1.81. The molecule has 3 nitrogen and oxygen atoms in total. The van der Waals surface area contributed by atoms with E-state index in [4.69, 9.17) is 4.74 Å². The molecule has 2 aromatic rings. The monoisotopic (exact) mass is 253 g/mol. The van der Waals surface area contributed by atoms with Crippen molar-refractivity contribution in [1.29, 1.82) is 0 Å². The number of rotatable bonds is 2. The molecule has 0 bridgehead atoms. The minimum atomic E-state index is -0.111.